The molecule has 5 heteroatoms. The molecule has 0 N–H and O–H groups in total. The third-order valence-electron chi connectivity index (χ3n) is 4.97. The number of benzene rings is 1. The number of methoxy groups -OCH3 is 1. The van der Waals surface area contributed by atoms with Crippen LogP contribution in [0.2, 0.25) is 0 Å². The quantitative estimate of drug-likeness (QED) is 0.301. The molecule has 0 spiro atoms. The topological polar surface area (TPSA) is 62.6 Å². The molecule has 1 aromatic carbocycles. The zero-order valence-corrected chi connectivity index (χ0v) is 17.8. The standard InChI is InChI=1S/C23H30N2O3/c1-7-8-25-21-11-16(2)18(13-20(21)17(3)14-23(25,4)5)12-19(15-24)22(26)28-10-9-27-6/h11-14H,7-10H2,1-6H3/b19-12-. The Hall–Kier alpha value is -2.58. The second-order valence-corrected chi connectivity index (χ2v) is 7.66. The van der Waals surface area contributed by atoms with Gasteiger partial charge in [-0.25, -0.2) is 4.79 Å². The average Bonchev–Trinajstić information content (AvgIpc) is 2.63. The number of carbonyl (C=O) groups is 1. The van der Waals surface area contributed by atoms with Crippen molar-refractivity contribution < 1.29 is 14.3 Å². The number of allylic oxidation sites excluding steroid dienone is 1. The van der Waals surface area contributed by atoms with Crippen LogP contribution in [-0.4, -0.2) is 38.4 Å². The van der Waals surface area contributed by atoms with E-state index in [0.29, 0.717) is 6.61 Å². The lowest BCUT2D eigenvalue weighted by Crippen LogP contribution is -2.45. The average molecular weight is 383 g/mol. The van der Waals surface area contributed by atoms with E-state index in [2.05, 4.69) is 50.8 Å². The molecule has 150 valence electrons. The van der Waals surface area contributed by atoms with Crippen LogP contribution in [0.3, 0.4) is 0 Å². The predicted octanol–water partition coefficient (Wildman–Crippen LogP) is 4.50. The zero-order valence-electron chi connectivity index (χ0n) is 17.8. The van der Waals surface area contributed by atoms with Crippen molar-refractivity contribution in [3.63, 3.8) is 0 Å². The molecular formula is C23H30N2O3. The number of fused-ring (bicyclic) bond motifs is 1. The Balaban J connectivity index is 2.45. The molecule has 1 aliphatic rings. The molecule has 0 unspecified atom stereocenters. The van der Waals surface area contributed by atoms with Gasteiger partial charge in [0.05, 0.1) is 12.1 Å². The first kappa shape index (κ1) is 21.7. The summed E-state index contributed by atoms with van der Waals surface area (Å²) in [6.45, 7) is 12.1. The monoisotopic (exact) mass is 382 g/mol. The molecule has 0 saturated heterocycles. The van der Waals surface area contributed by atoms with E-state index in [-0.39, 0.29) is 17.7 Å². The molecule has 1 aromatic rings. The number of nitrogens with zero attached hydrogens (tertiary/aromatic N) is 2. The van der Waals surface area contributed by atoms with Crippen LogP contribution in [-0.2, 0) is 14.3 Å². The summed E-state index contributed by atoms with van der Waals surface area (Å²) >= 11 is 0. The number of carbonyl (C=O) groups excluding carboxylic acids is 1. The van der Waals surface area contributed by atoms with E-state index in [9.17, 15) is 10.1 Å². The van der Waals surface area contributed by atoms with Gasteiger partial charge in [-0.2, -0.15) is 5.26 Å². The lowest BCUT2D eigenvalue weighted by Gasteiger charge is -2.43. The van der Waals surface area contributed by atoms with Crippen LogP contribution in [0.4, 0.5) is 5.69 Å². The van der Waals surface area contributed by atoms with Crippen LogP contribution in [0.1, 0.15) is 50.8 Å². The highest BCUT2D eigenvalue weighted by molar-refractivity contribution is 5.98. The summed E-state index contributed by atoms with van der Waals surface area (Å²) < 4.78 is 9.96. The minimum absolute atomic E-state index is 0.0117. The number of hydrogen-bond donors (Lipinski definition) is 0. The van der Waals surface area contributed by atoms with Gasteiger partial charge in [0.2, 0.25) is 0 Å². The van der Waals surface area contributed by atoms with Gasteiger partial charge in [-0.15, -0.1) is 0 Å². The molecule has 2 rings (SSSR count). The summed E-state index contributed by atoms with van der Waals surface area (Å²) in [6, 6.07) is 6.18. The maximum Gasteiger partial charge on any atom is 0.348 e. The first-order valence-corrected chi connectivity index (χ1v) is 9.65. The molecule has 0 amide bonds. The molecule has 0 fully saturated rings. The van der Waals surface area contributed by atoms with E-state index in [1.54, 1.807) is 6.08 Å². The Labute approximate surface area is 168 Å². The number of anilines is 1. The van der Waals surface area contributed by atoms with Crippen molar-refractivity contribution >= 4 is 23.3 Å². The van der Waals surface area contributed by atoms with Gasteiger partial charge in [0.1, 0.15) is 18.2 Å². The molecule has 0 bridgehead atoms. The zero-order chi connectivity index (χ0) is 20.9. The Morgan fingerprint density at radius 1 is 1.29 bits per heavy atom. The Kier molecular flexibility index (Phi) is 7.04. The second-order valence-electron chi connectivity index (χ2n) is 7.66. The van der Waals surface area contributed by atoms with E-state index in [1.807, 2.05) is 13.0 Å². The normalized spacial score (nSPS) is 15.5. The van der Waals surface area contributed by atoms with Crippen LogP contribution in [0.25, 0.3) is 11.6 Å². The highest BCUT2D eigenvalue weighted by Gasteiger charge is 2.31. The van der Waals surface area contributed by atoms with Crippen LogP contribution >= 0.6 is 0 Å². The van der Waals surface area contributed by atoms with Crippen molar-refractivity contribution in [2.45, 2.75) is 46.6 Å². The minimum atomic E-state index is -0.627. The SMILES string of the molecule is CCCN1c2cc(C)c(/C=C(/C#N)C(=O)OCCOC)cc2C(C)=CC1(C)C. The number of ether oxygens (including phenoxy) is 2. The lowest BCUT2D eigenvalue weighted by atomic mass is 9.86. The summed E-state index contributed by atoms with van der Waals surface area (Å²) in [5.41, 5.74) is 5.33. The fourth-order valence-corrected chi connectivity index (χ4v) is 3.62. The van der Waals surface area contributed by atoms with Gasteiger partial charge >= 0.3 is 5.97 Å². The van der Waals surface area contributed by atoms with Gasteiger partial charge in [0.15, 0.2) is 0 Å². The minimum Gasteiger partial charge on any atom is -0.459 e. The molecular weight excluding hydrogens is 352 g/mol. The molecule has 0 aromatic heterocycles. The van der Waals surface area contributed by atoms with E-state index in [1.165, 1.54) is 18.4 Å². The van der Waals surface area contributed by atoms with Gasteiger partial charge in [-0.1, -0.05) is 13.0 Å². The smallest absolute Gasteiger partial charge is 0.348 e. The molecule has 1 aliphatic heterocycles. The van der Waals surface area contributed by atoms with Crippen LogP contribution in [0, 0.1) is 18.3 Å². The fourth-order valence-electron chi connectivity index (χ4n) is 3.62. The molecule has 0 saturated carbocycles. The van der Waals surface area contributed by atoms with Crippen molar-refractivity contribution in [3.8, 4) is 6.07 Å². The Bertz CT molecular complexity index is 844. The van der Waals surface area contributed by atoms with E-state index in [0.717, 1.165) is 29.7 Å². The Morgan fingerprint density at radius 3 is 2.61 bits per heavy atom. The van der Waals surface area contributed by atoms with Crippen molar-refractivity contribution in [1.82, 2.24) is 0 Å². The second kappa shape index (κ2) is 9.07. The Morgan fingerprint density at radius 2 is 2.00 bits per heavy atom. The number of aryl methyl sites for hydroxylation is 1. The van der Waals surface area contributed by atoms with E-state index < -0.39 is 5.97 Å². The number of nitriles is 1. The highest BCUT2D eigenvalue weighted by Crippen LogP contribution is 2.40. The molecule has 28 heavy (non-hydrogen) atoms. The molecule has 0 radical (unpaired) electrons. The first-order valence-electron chi connectivity index (χ1n) is 9.65. The summed E-state index contributed by atoms with van der Waals surface area (Å²) in [4.78, 5) is 14.6. The summed E-state index contributed by atoms with van der Waals surface area (Å²) in [5.74, 6) is -0.627. The number of esters is 1. The molecule has 0 aliphatic carbocycles. The lowest BCUT2D eigenvalue weighted by molar-refractivity contribution is -0.139. The van der Waals surface area contributed by atoms with E-state index in [4.69, 9.17) is 9.47 Å². The highest BCUT2D eigenvalue weighted by atomic mass is 16.6. The molecule has 1 heterocycles. The van der Waals surface area contributed by atoms with Crippen LogP contribution in [0.5, 0.6) is 0 Å². The third-order valence-corrected chi connectivity index (χ3v) is 4.97. The van der Waals surface area contributed by atoms with E-state index >= 15 is 0 Å². The van der Waals surface area contributed by atoms with Crippen molar-refractivity contribution in [2.24, 2.45) is 0 Å². The van der Waals surface area contributed by atoms with Crippen LogP contribution < -0.4 is 4.90 Å². The first-order chi connectivity index (χ1) is 13.2. The molecule has 5 nitrogen and oxygen atoms in total. The maximum atomic E-state index is 12.2. The van der Waals surface area contributed by atoms with Gasteiger partial charge in [0.25, 0.3) is 0 Å². The predicted molar refractivity (Wildman–Crippen MR) is 113 cm³/mol. The number of hydrogen-bond acceptors (Lipinski definition) is 5. The van der Waals surface area contributed by atoms with Crippen molar-refractivity contribution in [3.05, 3.63) is 40.5 Å². The van der Waals surface area contributed by atoms with Crippen molar-refractivity contribution in [2.75, 3.05) is 31.8 Å². The van der Waals surface area contributed by atoms with Gasteiger partial charge in [-0.3, -0.25) is 0 Å². The van der Waals surface area contributed by atoms with Crippen LogP contribution in [0.15, 0.2) is 23.8 Å². The summed E-state index contributed by atoms with van der Waals surface area (Å²) in [7, 11) is 1.53. The van der Waals surface area contributed by atoms with Gasteiger partial charge in [-0.05, 0) is 69.0 Å². The molecule has 0 atom stereocenters. The third kappa shape index (κ3) is 4.63. The van der Waals surface area contributed by atoms with Gasteiger partial charge < -0.3 is 14.4 Å². The van der Waals surface area contributed by atoms with Gasteiger partial charge in [0, 0.05) is 24.9 Å². The fraction of sp³-hybridized carbons (Fsp3) is 0.478. The summed E-state index contributed by atoms with van der Waals surface area (Å²) in [5, 5.41) is 9.41. The summed E-state index contributed by atoms with van der Waals surface area (Å²) in [6.07, 6.45) is 4.95. The number of rotatable bonds is 7. The van der Waals surface area contributed by atoms with Crippen molar-refractivity contribution in [1.29, 1.82) is 5.26 Å². The maximum absolute atomic E-state index is 12.2. The largest absolute Gasteiger partial charge is 0.459 e.